The van der Waals surface area contributed by atoms with Gasteiger partial charge in [0.15, 0.2) is 0 Å². The van der Waals surface area contributed by atoms with Gasteiger partial charge in [-0.25, -0.2) is 9.37 Å². The smallest absolute Gasteiger partial charge is 0.406 e. The average molecular weight is 463 g/mol. The number of hydrogen-bond acceptors (Lipinski definition) is 6. The Morgan fingerprint density at radius 2 is 1.76 bits per heavy atom. The summed E-state index contributed by atoms with van der Waals surface area (Å²) in [4.78, 5) is 11.0. The van der Waals surface area contributed by atoms with Crippen molar-refractivity contribution >= 4 is 11.8 Å². The second-order valence-electron chi connectivity index (χ2n) is 7.60. The highest BCUT2D eigenvalue weighted by Crippen LogP contribution is 2.28. The molecule has 33 heavy (non-hydrogen) atoms. The first-order valence-electron chi connectivity index (χ1n) is 10.3. The zero-order valence-corrected chi connectivity index (χ0v) is 18.3. The SMILES string of the molecule is CN(C)CCCNc1nc(NCc2cccc(F)c2)cc(-c2cccc(OC(F)(F)F)c2)n1. The minimum Gasteiger partial charge on any atom is -0.406 e. The van der Waals surface area contributed by atoms with E-state index in [1.54, 1.807) is 24.3 Å². The van der Waals surface area contributed by atoms with Gasteiger partial charge in [0.2, 0.25) is 5.95 Å². The molecule has 0 amide bonds. The van der Waals surface area contributed by atoms with E-state index in [1.807, 2.05) is 14.1 Å². The van der Waals surface area contributed by atoms with Gasteiger partial charge in [0.1, 0.15) is 17.4 Å². The second-order valence-corrected chi connectivity index (χ2v) is 7.60. The lowest BCUT2D eigenvalue weighted by molar-refractivity contribution is -0.274. The lowest BCUT2D eigenvalue weighted by Gasteiger charge is -2.14. The predicted octanol–water partition coefficient (Wildman–Crippen LogP) is 5.16. The molecular formula is C23H25F4N5O. The fraction of sp³-hybridized carbons (Fsp3) is 0.304. The first-order valence-corrected chi connectivity index (χ1v) is 10.3. The van der Waals surface area contributed by atoms with Crippen LogP contribution >= 0.6 is 0 Å². The molecule has 0 aliphatic rings. The minimum atomic E-state index is -4.79. The number of nitrogens with one attached hydrogen (secondary N) is 2. The molecule has 10 heteroatoms. The van der Waals surface area contributed by atoms with Gasteiger partial charge in [-0.2, -0.15) is 4.98 Å². The van der Waals surface area contributed by atoms with Gasteiger partial charge < -0.3 is 20.3 Å². The molecule has 0 bridgehead atoms. The third-order valence-corrected chi connectivity index (χ3v) is 4.52. The van der Waals surface area contributed by atoms with Crippen molar-refractivity contribution < 1.29 is 22.3 Å². The van der Waals surface area contributed by atoms with Crippen LogP contribution in [0.1, 0.15) is 12.0 Å². The van der Waals surface area contributed by atoms with E-state index >= 15 is 0 Å². The molecule has 0 aliphatic carbocycles. The van der Waals surface area contributed by atoms with Crippen LogP contribution in [0.2, 0.25) is 0 Å². The molecule has 3 rings (SSSR count). The summed E-state index contributed by atoms with van der Waals surface area (Å²) in [6.45, 7) is 1.79. The van der Waals surface area contributed by atoms with Crippen LogP contribution in [-0.2, 0) is 6.54 Å². The predicted molar refractivity (Wildman–Crippen MR) is 120 cm³/mol. The Morgan fingerprint density at radius 3 is 2.48 bits per heavy atom. The Hall–Kier alpha value is -3.40. The van der Waals surface area contributed by atoms with E-state index in [4.69, 9.17) is 0 Å². The topological polar surface area (TPSA) is 62.3 Å². The van der Waals surface area contributed by atoms with E-state index < -0.39 is 6.36 Å². The van der Waals surface area contributed by atoms with Crippen molar-refractivity contribution in [3.8, 4) is 17.0 Å². The Morgan fingerprint density at radius 1 is 0.970 bits per heavy atom. The maximum absolute atomic E-state index is 13.5. The van der Waals surface area contributed by atoms with Gasteiger partial charge in [-0.1, -0.05) is 24.3 Å². The maximum atomic E-state index is 13.5. The van der Waals surface area contributed by atoms with Crippen LogP contribution in [0.4, 0.5) is 29.3 Å². The number of nitrogens with zero attached hydrogens (tertiary/aromatic N) is 3. The van der Waals surface area contributed by atoms with Crippen LogP contribution < -0.4 is 15.4 Å². The van der Waals surface area contributed by atoms with Crippen LogP contribution in [0.5, 0.6) is 5.75 Å². The molecule has 0 saturated carbocycles. The number of anilines is 2. The van der Waals surface area contributed by atoms with Crippen molar-refractivity contribution in [2.24, 2.45) is 0 Å². The summed E-state index contributed by atoms with van der Waals surface area (Å²) in [5.41, 5.74) is 1.56. The van der Waals surface area contributed by atoms with Crippen LogP contribution in [-0.4, -0.2) is 48.4 Å². The van der Waals surface area contributed by atoms with Crippen LogP contribution in [0.3, 0.4) is 0 Å². The van der Waals surface area contributed by atoms with Crippen LogP contribution in [0.15, 0.2) is 54.6 Å². The molecule has 3 aromatic rings. The van der Waals surface area contributed by atoms with Crippen LogP contribution in [0, 0.1) is 5.82 Å². The summed E-state index contributed by atoms with van der Waals surface area (Å²) in [6, 6.07) is 13.4. The minimum absolute atomic E-state index is 0.311. The Balaban J connectivity index is 1.84. The Labute approximate surface area is 189 Å². The van der Waals surface area contributed by atoms with Gasteiger partial charge in [-0.3, -0.25) is 0 Å². The van der Waals surface area contributed by atoms with Gasteiger partial charge in [0, 0.05) is 24.7 Å². The molecule has 0 spiro atoms. The monoisotopic (exact) mass is 463 g/mol. The zero-order chi connectivity index (χ0) is 23.8. The maximum Gasteiger partial charge on any atom is 0.573 e. The zero-order valence-electron chi connectivity index (χ0n) is 18.3. The molecular weight excluding hydrogens is 438 g/mol. The van der Waals surface area contributed by atoms with E-state index in [1.165, 1.54) is 30.3 Å². The molecule has 0 radical (unpaired) electrons. The average Bonchev–Trinajstić information content (AvgIpc) is 2.74. The lowest BCUT2D eigenvalue weighted by atomic mass is 10.1. The lowest BCUT2D eigenvalue weighted by Crippen LogP contribution is -2.17. The molecule has 0 unspecified atom stereocenters. The van der Waals surface area contributed by atoms with E-state index in [9.17, 15) is 17.6 Å². The summed E-state index contributed by atoms with van der Waals surface area (Å²) < 4.78 is 55.4. The third kappa shape index (κ3) is 8.23. The van der Waals surface area contributed by atoms with Crippen molar-refractivity contribution in [2.45, 2.75) is 19.3 Å². The van der Waals surface area contributed by atoms with Gasteiger partial charge in [0.05, 0.1) is 5.69 Å². The van der Waals surface area contributed by atoms with E-state index in [0.29, 0.717) is 36.1 Å². The molecule has 0 atom stereocenters. The molecule has 1 aromatic heterocycles. The number of halogens is 4. The van der Waals surface area contributed by atoms with E-state index in [0.717, 1.165) is 18.5 Å². The molecule has 2 aromatic carbocycles. The molecule has 6 nitrogen and oxygen atoms in total. The number of hydrogen-bond donors (Lipinski definition) is 2. The van der Waals surface area contributed by atoms with E-state index in [-0.39, 0.29) is 11.6 Å². The van der Waals surface area contributed by atoms with E-state index in [2.05, 4.69) is 30.2 Å². The quantitative estimate of drug-likeness (QED) is 0.320. The second kappa shape index (κ2) is 11.0. The number of alkyl halides is 3. The van der Waals surface area contributed by atoms with Crippen molar-refractivity contribution in [2.75, 3.05) is 37.8 Å². The number of ether oxygens (including phenoxy) is 1. The highest BCUT2D eigenvalue weighted by Gasteiger charge is 2.31. The Kier molecular flexibility index (Phi) is 8.05. The molecule has 1 heterocycles. The first-order chi connectivity index (χ1) is 15.7. The molecule has 2 N–H and O–H groups in total. The first kappa shape index (κ1) is 24.2. The molecule has 0 aliphatic heterocycles. The van der Waals surface area contributed by atoms with Crippen molar-refractivity contribution in [3.63, 3.8) is 0 Å². The fourth-order valence-electron chi connectivity index (χ4n) is 3.05. The normalized spacial score (nSPS) is 11.5. The highest BCUT2D eigenvalue weighted by molar-refractivity contribution is 5.66. The van der Waals surface area contributed by atoms with Crippen molar-refractivity contribution in [3.05, 3.63) is 66.0 Å². The number of rotatable bonds is 10. The number of aromatic nitrogens is 2. The molecule has 0 fully saturated rings. The summed E-state index contributed by atoms with van der Waals surface area (Å²) in [6.07, 6.45) is -3.94. The van der Waals surface area contributed by atoms with Gasteiger partial charge in [-0.05, 0) is 56.9 Å². The Bertz CT molecular complexity index is 1060. The highest BCUT2D eigenvalue weighted by atomic mass is 19.4. The van der Waals surface area contributed by atoms with Gasteiger partial charge in [-0.15, -0.1) is 13.2 Å². The summed E-state index contributed by atoms with van der Waals surface area (Å²) >= 11 is 0. The van der Waals surface area contributed by atoms with Crippen molar-refractivity contribution in [1.29, 1.82) is 0 Å². The van der Waals surface area contributed by atoms with Gasteiger partial charge in [0.25, 0.3) is 0 Å². The largest absolute Gasteiger partial charge is 0.573 e. The third-order valence-electron chi connectivity index (χ3n) is 4.52. The number of benzene rings is 2. The molecule has 0 saturated heterocycles. The van der Waals surface area contributed by atoms with Gasteiger partial charge >= 0.3 is 6.36 Å². The standard InChI is InChI=1S/C23H25F4N5O/c1-32(2)11-5-10-28-22-30-20(17-7-4-9-19(13-17)33-23(25,26)27)14-21(31-22)29-15-16-6-3-8-18(24)12-16/h3-4,6-9,12-14H,5,10-11,15H2,1-2H3,(H2,28,29,30,31). The fourth-order valence-corrected chi connectivity index (χ4v) is 3.05. The van der Waals surface area contributed by atoms with Crippen LogP contribution in [0.25, 0.3) is 11.3 Å². The molecule has 176 valence electrons. The summed E-state index contributed by atoms with van der Waals surface area (Å²) in [5.74, 6) is 0.0902. The summed E-state index contributed by atoms with van der Waals surface area (Å²) in [5, 5.41) is 6.27. The van der Waals surface area contributed by atoms with Crippen molar-refractivity contribution in [1.82, 2.24) is 14.9 Å². The summed E-state index contributed by atoms with van der Waals surface area (Å²) in [7, 11) is 3.95.